The second-order valence-electron chi connectivity index (χ2n) is 5.90. The van der Waals surface area contributed by atoms with E-state index >= 15 is 0 Å². The predicted octanol–water partition coefficient (Wildman–Crippen LogP) is 1.03. The predicted molar refractivity (Wildman–Crippen MR) is 83.3 cm³/mol. The Morgan fingerprint density at radius 3 is 2.43 bits per heavy atom. The lowest BCUT2D eigenvalue weighted by atomic mass is 10.2. The SMILES string of the molecule is CN(C)CC1CCCN1S(=O)(=O)Cc1ccc(CO)cc1. The Hall–Kier alpha value is -0.950. The molecule has 6 heteroatoms. The third-order valence-electron chi connectivity index (χ3n) is 3.81. The third-order valence-corrected chi connectivity index (χ3v) is 5.70. The molecule has 118 valence electrons. The largest absolute Gasteiger partial charge is 0.392 e. The van der Waals surface area contributed by atoms with Gasteiger partial charge >= 0.3 is 0 Å². The molecule has 1 heterocycles. The fourth-order valence-electron chi connectivity index (χ4n) is 2.81. The minimum absolute atomic E-state index is 0.0237. The second kappa shape index (κ2) is 6.87. The van der Waals surface area contributed by atoms with Crippen LogP contribution in [0.1, 0.15) is 24.0 Å². The van der Waals surface area contributed by atoms with E-state index in [1.54, 1.807) is 28.6 Å². The number of aliphatic hydroxyl groups is 1. The first-order chi connectivity index (χ1) is 9.92. The zero-order valence-electron chi connectivity index (χ0n) is 12.7. The highest BCUT2D eigenvalue weighted by molar-refractivity contribution is 7.88. The number of benzene rings is 1. The summed E-state index contributed by atoms with van der Waals surface area (Å²) in [6, 6.07) is 7.18. The van der Waals surface area contributed by atoms with Crippen LogP contribution < -0.4 is 0 Å². The zero-order valence-corrected chi connectivity index (χ0v) is 13.5. The van der Waals surface area contributed by atoms with Crippen LogP contribution >= 0.6 is 0 Å². The van der Waals surface area contributed by atoms with Gasteiger partial charge in [-0.1, -0.05) is 24.3 Å². The van der Waals surface area contributed by atoms with E-state index in [2.05, 4.69) is 0 Å². The lowest BCUT2D eigenvalue weighted by Gasteiger charge is -2.26. The highest BCUT2D eigenvalue weighted by atomic mass is 32.2. The molecule has 1 saturated heterocycles. The molecule has 1 unspecified atom stereocenters. The van der Waals surface area contributed by atoms with Crippen molar-refractivity contribution in [3.05, 3.63) is 35.4 Å². The molecule has 0 aliphatic carbocycles. The fraction of sp³-hybridized carbons (Fsp3) is 0.600. The topological polar surface area (TPSA) is 60.9 Å². The molecule has 0 spiro atoms. The Balaban J connectivity index is 2.09. The molecule has 2 rings (SSSR count). The Morgan fingerprint density at radius 2 is 1.86 bits per heavy atom. The first-order valence-electron chi connectivity index (χ1n) is 7.25. The van der Waals surface area contributed by atoms with E-state index in [-0.39, 0.29) is 18.4 Å². The Kier molecular flexibility index (Phi) is 5.37. The maximum atomic E-state index is 12.6. The molecule has 0 bridgehead atoms. The quantitative estimate of drug-likeness (QED) is 0.852. The molecule has 1 aliphatic rings. The van der Waals surface area contributed by atoms with E-state index in [9.17, 15) is 8.42 Å². The maximum Gasteiger partial charge on any atom is 0.218 e. The van der Waals surface area contributed by atoms with Crippen LogP contribution in [-0.4, -0.2) is 56.0 Å². The summed E-state index contributed by atoms with van der Waals surface area (Å²) >= 11 is 0. The van der Waals surface area contributed by atoms with Crippen molar-refractivity contribution in [2.24, 2.45) is 0 Å². The van der Waals surface area contributed by atoms with Gasteiger partial charge in [0.05, 0.1) is 12.4 Å². The van der Waals surface area contributed by atoms with E-state index in [4.69, 9.17) is 5.11 Å². The summed E-state index contributed by atoms with van der Waals surface area (Å²) < 4.78 is 26.9. The van der Waals surface area contributed by atoms with Crippen LogP contribution in [0.3, 0.4) is 0 Å². The highest BCUT2D eigenvalue weighted by Crippen LogP contribution is 2.24. The molecule has 1 aromatic carbocycles. The summed E-state index contributed by atoms with van der Waals surface area (Å²) in [6.07, 6.45) is 1.86. The monoisotopic (exact) mass is 312 g/mol. The van der Waals surface area contributed by atoms with Crippen LogP contribution in [0, 0.1) is 0 Å². The third kappa shape index (κ3) is 4.26. The molecule has 1 aromatic rings. The molecular weight excluding hydrogens is 288 g/mol. The number of hydrogen-bond donors (Lipinski definition) is 1. The van der Waals surface area contributed by atoms with Crippen molar-refractivity contribution >= 4 is 10.0 Å². The van der Waals surface area contributed by atoms with Gasteiger partial charge in [-0.3, -0.25) is 0 Å². The first kappa shape index (κ1) is 16.4. The van der Waals surface area contributed by atoms with Crippen molar-refractivity contribution in [2.45, 2.75) is 31.2 Å². The molecule has 0 amide bonds. The smallest absolute Gasteiger partial charge is 0.218 e. The van der Waals surface area contributed by atoms with Crippen molar-refractivity contribution < 1.29 is 13.5 Å². The van der Waals surface area contributed by atoms with Gasteiger partial charge in [0.2, 0.25) is 10.0 Å². The minimum Gasteiger partial charge on any atom is -0.392 e. The van der Waals surface area contributed by atoms with Gasteiger partial charge in [0.25, 0.3) is 0 Å². The molecule has 0 radical (unpaired) electrons. The van der Waals surface area contributed by atoms with Gasteiger partial charge in [-0.05, 0) is 38.1 Å². The lowest BCUT2D eigenvalue weighted by Crippen LogP contribution is -2.41. The average Bonchev–Trinajstić information content (AvgIpc) is 2.87. The highest BCUT2D eigenvalue weighted by Gasteiger charge is 2.34. The Labute approximate surface area is 127 Å². The molecule has 1 N–H and O–H groups in total. The van der Waals surface area contributed by atoms with Crippen molar-refractivity contribution in [3.8, 4) is 0 Å². The van der Waals surface area contributed by atoms with Crippen LogP contribution in [0.2, 0.25) is 0 Å². The first-order valence-corrected chi connectivity index (χ1v) is 8.86. The van der Waals surface area contributed by atoms with Gasteiger partial charge < -0.3 is 10.0 Å². The summed E-state index contributed by atoms with van der Waals surface area (Å²) in [7, 11) is 0.655. The molecular formula is C15H24N2O3S. The summed E-state index contributed by atoms with van der Waals surface area (Å²) in [5.74, 6) is 0.0304. The number of aliphatic hydroxyl groups excluding tert-OH is 1. The van der Waals surface area contributed by atoms with E-state index in [0.29, 0.717) is 6.54 Å². The summed E-state index contributed by atoms with van der Waals surface area (Å²) in [5.41, 5.74) is 1.56. The van der Waals surface area contributed by atoms with Gasteiger partial charge in [-0.25, -0.2) is 8.42 Å². The summed E-state index contributed by atoms with van der Waals surface area (Å²) in [6.45, 7) is 1.36. The van der Waals surface area contributed by atoms with E-state index in [0.717, 1.165) is 30.5 Å². The van der Waals surface area contributed by atoms with Crippen molar-refractivity contribution in [1.29, 1.82) is 0 Å². The van der Waals surface area contributed by atoms with Crippen LogP contribution in [0.15, 0.2) is 24.3 Å². The minimum atomic E-state index is -3.28. The van der Waals surface area contributed by atoms with Gasteiger partial charge in [0.15, 0.2) is 0 Å². The summed E-state index contributed by atoms with van der Waals surface area (Å²) in [4.78, 5) is 2.04. The Morgan fingerprint density at radius 1 is 1.24 bits per heavy atom. The van der Waals surface area contributed by atoms with Crippen LogP contribution in [0.5, 0.6) is 0 Å². The molecule has 1 aliphatic heterocycles. The average molecular weight is 312 g/mol. The zero-order chi connectivity index (χ0) is 15.5. The van der Waals surface area contributed by atoms with Gasteiger partial charge in [-0.15, -0.1) is 0 Å². The molecule has 0 aromatic heterocycles. The van der Waals surface area contributed by atoms with E-state index < -0.39 is 10.0 Å². The van der Waals surface area contributed by atoms with Crippen molar-refractivity contribution in [3.63, 3.8) is 0 Å². The fourth-order valence-corrected chi connectivity index (χ4v) is 4.63. The number of hydrogen-bond acceptors (Lipinski definition) is 4. The molecule has 1 atom stereocenters. The molecule has 21 heavy (non-hydrogen) atoms. The number of nitrogens with zero attached hydrogens (tertiary/aromatic N) is 2. The summed E-state index contributed by atoms with van der Waals surface area (Å²) in [5, 5.41) is 9.02. The second-order valence-corrected chi connectivity index (χ2v) is 7.82. The number of sulfonamides is 1. The number of likely N-dealkylation sites (N-methyl/N-ethyl adjacent to an activating group) is 1. The van der Waals surface area contributed by atoms with E-state index in [1.807, 2.05) is 19.0 Å². The molecule has 5 nitrogen and oxygen atoms in total. The van der Waals surface area contributed by atoms with E-state index in [1.165, 1.54) is 0 Å². The van der Waals surface area contributed by atoms with Crippen molar-refractivity contribution in [1.82, 2.24) is 9.21 Å². The van der Waals surface area contributed by atoms with Gasteiger partial charge in [0, 0.05) is 19.1 Å². The van der Waals surface area contributed by atoms with Crippen molar-refractivity contribution in [2.75, 3.05) is 27.2 Å². The standard InChI is InChI=1S/C15H24N2O3S/c1-16(2)10-15-4-3-9-17(15)21(19,20)12-14-7-5-13(11-18)6-8-14/h5-8,15,18H,3-4,9-12H2,1-2H3. The normalized spacial score (nSPS) is 20.3. The maximum absolute atomic E-state index is 12.6. The lowest BCUT2D eigenvalue weighted by molar-refractivity contribution is 0.282. The van der Waals surface area contributed by atoms with Crippen LogP contribution in [0.4, 0.5) is 0 Å². The Bertz CT molecular complexity index is 555. The van der Waals surface area contributed by atoms with Crippen LogP contribution in [-0.2, 0) is 22.4 Å². The van der Waals surface area contributed by atoms with Crippen LogP contribution in [0.25, 0.3) is 0 Å². The molecule has 0 saturated carbocycles. The van der Waals surface area contributed by atoms with Gasteiger partial charge in [0.1, 0.15) is 0 Å². The van der Waals surface area contributed by atoms with Gasteiger partial charge in [-0.2, -0.15) is 4.31 Å². The number of rotatable bonds is 6. The molecule has 1 fully saturated rings.